The molecule has 6 heteroatoms. The summed E-state index contributed by atoms with van der Waals surface area (Å²) in [6, 6.07) is 7.01. The normalized spacial score (nSPS) is 16.5. The zero-order chi connectivity index (χ0) is 18.0. The minimum Gasteiger partial charge on any atom is -0.419 e. The molecule has 1 aliphatic rings. The van der Waals surface area contributed by atoms with Crippen molar-refractivity contribution < 1.29 is 24.2 Å². The van der Waals surface area contributed by atoms with Crippen LogP contribution in [0.5, 0.6) is 0 Å². The SMILES string of the molecule is CC(C)(O)C#Cc1cccc(NC=C2C(=O)OC(C)(C)OC2=O)c1. The largest absolute Gasteiger partial charge is 0.419 e. The lowest BCUT2D eigenvalue weighted by Crippen LogP contribution is -2.42. The first kappa shape index (κ1) is 17.6. The number of hydrogen-bond acceptors (Lipinski definition) is 6. The van der Waals surface area contributed by atoms with E-state index in [1.165, 1.54) is 20.0 Å². The fraction of sp³-hybridized carbons (Fsp3) is 0.333. The van der Waals surface area contributed by atoms with Crippen LogP contribution in [-0.2, 0) is 19.1 Å². The second kappa shape index (κ2) is 6.38. The Balaban J connectivity index is 2.16. The Morgan fingerprint density at radius 2 is 1.83 bits per heavy atom. The maximum Gasteiger partial charge on any atom is 0.350 e. The van der Waals surface area contributed by atoms with Crippen molar-refractivity contribution in [2.45, 2.75) is 39.1 Å². The minimum absolute atomic E-state index is 0.220. The van der Waals surface area contributed by atoms with Crippen LogP contribution in [-0.4, -0.2) is 28.4 Å². The van der Waals surface area contributed by atoms with Gasteiger partial charge < -0.3 is 19.9 Å². The Bertz CT molecular complexity index is 738. The smallest absolute Gasteiger partial charge is 0.350 e. The summed E-state index contributed by atoms with van der Waals surface area (Å²) in [4.78, 5) is 23.7. The van der Waals surface area contributed by atoms with Crippen molar-refractivity contribution in [2.75, 3.05) is 5.32 Å². The summed E-state index contributed by atoms with van der Waals surface area (Å²) in [6.45, 7) is 6.15. The molecular formula is C18H19NO5. The third-order valence-corrected chi connectivity index (χ3v) is 2.88. The lowest BCUT2D eigenvalue weighted by Gasteiger charge is -2.29. The van der Waals surface area contributed by atoms with Gasteiger partial charge in [-0.15, -0.1) is 0 Å². The van der Waals surface area contributed by atoms with Crippen molar-refractivity contribution in [1.29, 1.82) is 0 Å². The molecule has 0 bridgehead atoms. The number of aliphatic hydroxyl groups is 1. The van der Waals surface area contributed by atoms with E-state index in [4.69, 9.17) is 9.47 Å². The first-order valence-corrected chi connectivity index (χ1v) is 7.35. The van der Waals surface area contributed by atoms with Gasteiger partial charge in [0.1, 0.15) is 5.60 Å². The molecule has 1 aromatic rings. The summed E-state index contributed by atoms with van der Waals surface area (Å²) < 4.78 is 10.0. The van der Waals surface area contributed by atoms with Gasteiger partial charge in [-0.3, -0.25) is 0 Å². The predicted molar refractivity (Wildman–Crippen MR) is 87.6 cm³/mol. The summed E-state index contributed by atoms with van der Waals surface area (Å²) in [5.41, 5.74) is -0.0124. The molecule has 0 atom stereocenters. The Hall–Kier alpha value is -2.78. The van der Waals surface area contributed by atoms with Crippen molar-refractivity contribution >= 4 is 17.6 Å². The number of nitrogens with one attached hydrogen (secondary N) is 1. The van der Waals surface area contributed by atoms with Gasteiger partial charge in [-0.2, -0.15) is 0 Å². The second-order valence-electron chi connectivity index (χ2n) is 6.27. The number of benzene rings is 1. The maximum absolute atomic E-state index is 11.8. The number of ether oxygens (including phenoxy) is 2. The average molecular weight is 329 g/mol. The quantitative estimate of drug-likeness (QED) is 0.373. The van der Waals surface area contributed by atoms with Crippen LogP contribution in [0.3, 0.4) is 0 Å². The number of esters is 2. The van der Waals surface area contributed by atoms with Crippen LogP contribution in [0.1, 0.15) is 33.3 Å². The highest BCUT2D eigenvalue weighted by Crippen LogP contribution is 2.22. The number of rotatable bonds is 2. The van der Waals surface area contributed by atoms with Crippen molar-refractivity contribution in [3.8, 4) is 11.8 Å². The van der Waals surface area contributed by atoms with E-state index >= 15 is 0 Å². The van der Waals surface area contributed by atoms with E-state index < -0.39 is 23.3 Å². The van der Waals surface area contributed by atoms with Gasteiger partial charge in [-0.05, 0) is 32.0 Å². The molecule has 0 spiro atoms. The van der Waals surface area contributed by atoms with Gasteiger partial charge in [0.15, 0.2) is 5.57 Å². The highest BCUT2D eigenvalue weighted by molar-refractivity contribution is 6.15. The van der Waals surface area contributed by atoms with Gasteiger partial charge >= 0.3 is 11.9 Å². The Morgan fingerprint density at radius 1 is 1.21 bits per heavy atom. The number of hydrogen-bond donors (Lipinski definition) is 2. The van der Waals surface area contributed by atoms with Crippen LogP contribution in [0.2, 0.25) is 0 Å². The molecule has 2 N–H and O–H groups in total. The molecule has 2 rings (SSSR count). The van der Waals surface area contributed by atoms with Crippen LogP contribution in [0, 0.1) is 11.8 Å². The molecule has 0 aliphatic carbocycles. The number of carbonyl (C=O) groups excluding carboxylic acids is 2. The number of cyclic esters (lactones) is 2. The molecule has 1 heterocycles. The van der Waals surface area contributed by atoms with E-state index in [-0.39, 0.29) is 5.57 Å². The fourth-order valence-electron chi connectivity index (χ4n) is 1.85. The molecule has 0 radical (unpaired) electrons. The topological polar surface area (TPSA) is 84.9 Å². The molecule has 1 aliphatic heterocycles. The van der Waals surface area contributed by atoms with E-state index in [2.05, 4.69) is 17.2 Å². The molecule has 0 aromatic heterocycles. The van der Waals surface area contributed by atoms with Gasteiger partial charge in [0.05, 0.1) is 0 Å². The molecule has 0 amide bonds. The van der Waals surface area contributed by atoms with E-state index in [1.54, 1.807) is 38.1 Å². The van der Waals surface area contributed by atoms with Gasteiger partial charge in [-0.1, -0.05) is 17.9 Å². The summed E-state index contributed by atoms with van der Waals surface area (Å²) in [6.07, 6.45) is 1.24. The van der Waals surface area contributed by atoms with Gasteiger partial charge in [0.25, 0.3) is 5.79 Å². The summed E-state index contributed by atoms with van der Waals surface area (Å²) in [5, 5.41) is 12.5. The zero-order valence-electron chi connectivity index (χ0n) is 14.0. The first-order valence-electron chi connectivity index (χ1n) is 7.35. The Kier molecular flexibility index (Phi) is 4.67. The molecule has 24 heavy (non-hydrogen) atoms. The highest BCUT2D eigenvalue weighted by Gasteiger charge is 2.38. The molecule has 126 valence electrons. The molecular weight excluding hydrogens is 310 g/mol. The van der Waals surface area contributed by atoms with Gasteiger partial charge in [0, 0.05) is 31.3 Å². The van der Waals surface area contributed by atoms with E-state index in [1.807, 2.05) is 0 Å². The average Bonchev–Trinajstić information content (AvgIpc) is 2.43. The summed E-state index contributed by atoms with van der Waals surface area (Å²) in [5.74, 6) is 2.79. The number of anilines is 1. The van der Waals surface area contributed by atoms with E-state index in [9.17, 15) is 14.7 Å². The third-order valence-electron chi connectivity index (χ3n) is 2.88. The van der Waals surface area contributed by atoms with Crippen LogP contribution in [0.15, 0.2) is 36.0 Å². The molecule has 1 fully saturated rings. The predicted octanol–water partition coefficient (Wildman–Crippen LogP) is 1.94. The maximum atomic E-state index is 11.8. The zero-order valence-corrected chi connectivity index (χ0v) is 14.0. The van der Waals surface area contributed by atoms with E-state index in [0.717, 1.165) is 0 Å². The van der Waals surface area contributed by atoms with Crippen molar-refractivity contribution in [3.05, 3.63) is 41.6 Å². The second-order valence-corrected chi connectivity index (χ2v) is 6.27. The number of carbonyl (C=O) groups is 2. The first-order chi connectivity index (χ1) is 11.1. The molecule has 6 nitrogen and oxygen atoms in total. The van der Waals surface area contributed by atoms with Gasteiger partial charge in [0.2, 0.25) is 0 Å². The Morgan fingerprint density at radius 3 is 2.42 bits per heavy atom. The van der Waals surface area contributed by atoms with Crippen molar-refractivity contribution in [1.82, 2.24) is 0 Å². The lowest BCUT2D eigenvalue weighted by atomic mass is 10.1. The summed E-state index contributed by atoms with van der Waals surface area (Å²) in [7, 11) is 0. The highest BCUT2D eigenvalue weighted by atomic mass is 16.7. The van der Waals surface area contributed by atoms with Crippen LogP contribution in [0.25, 0.3) is 0 Å². The van der Waals surface area contributed by atoms with Crippen LogP contribution in [0.4, 0.5) is 5.69 Å². The molecule has 0 unspecified atom stereocenters. The monoisotopic (exact) mass is 329 g/mol. The minimum atomic E-state index is -1.27. The molecule has 1 saturated heterocycles. The van der Waals surface area contributed by atoms with Crippen LogP contribution >= 0.6 is 0 Å². The summed E-state index contributed by atoms with van der Waals surface area (Å²) >= 11 is 0. The third kappa shape index (κ3) is 4.86. The standard InChI is InChI=1S/C18H19NO5/c1-17(2,22)9-8-12-6-5-7-13(10-12)19-11-14-15(20)23-18(3,4)24-16(14)21/h5-7,10-11,19,22H,1-4H3. The Labute approximate surface area is 140 Å². The van der Waals surface area contributed by atoms with Crippen molar-refractivity contribution in [3.63, 3.8) is 0 Å². The van der Waals surface area contributed by atoms with Crippen LogP contribution < -0.4 is 5.32 Å². The van der Waals surface area contributed by atoms with Gasteiger partial charge in [-0.25, -0.2) is 9.59 Å². The lowest BCUT2D eigenvalue weighted by molar-refractivity contribution is -0.222. The molecule has 1 aromatic carbocycles. The van der Waals surface area contributed by atoms with Crippen molar-refractivity contribution in [2.24, 2.45) is 0 Å². The molecule has 0 saturated carbocycles. The van der Waals surface area contributed by atoms with E-state index in [0.29, 0.717) is 11.3 Å². The fourth-order valence-corrected chi connectivity index (χ4v) is 1.85.